The molecule has 92 valence electrons. The molecular formula is C9H13N5O2S. The second-order valence-electron chi connectivity index (χ2n) is 3.69. The molecular weight excluding hydrogens is 242 g/mol. The van der Waals surface area contributed by atoms with Crippen LogP contribution >= 0.6 is 0 Å². The summed E-state index contributed by atoms with van der Waals surface area (Å²) in [5, 5.41) is 8.92. The fraction of sp³-hybridized carbons (Fsp3) is 0.333. The van der Waals surface area contributed by atoms with Crippen molar-refractivity contribution in [3.05, 3.63) is 30.6 Å². The van der Waals surface area contributed by atoms with Crippen molar-refractivity contribution >= 4 is 10.0 Å². The topological polar surface area (TPSA) is 95.8 Å². The molecule has 0 aliphatic carbocycles. The Morgan fingerprint density at radius 1 is 1.47 bits per heavy atom. The van der Waals surface area contributed by atoms with Crippen LogP contribution in [0.5, 0.6) is 0 Å². The molecule has 0 amide bonds. The lowest BCUT2D eigenvalue weighted by molar-refractivity contribution is 0.585. The van der Waals surface area contributed by atoms with Crippen LogP contribution in [0, 0.1) is 0 Å². The van der Waals surface area contributed by atoms with Crippen molar-refractivity contribution in [1.29, 1.82) is 0 Å². The van der Waals surface area contributed by atoms with Gasteiger partial charge in [-0.15, -0.1) is 0 Å². The summed E-state index contributed by atoms with van der Waals surface area (Å²) in [6.07, 6.45) is 6.91. The van der Waals surface area contributed by atoms with Crippen LogP contribution in [0.15, 0.2) is 29.7 Å². The van der Waals surface area contributed by atoms with Crippen LogP contribution in [-0.4, -0.2) is 27.7 Å². The Balaban J connectivity index is 2.06. The standard InChI is InChI=1S/C9H13N5O2S/c1-13-5-3-11-9(13)2-4-14-7-8(6-12-14)17(10,15)16/h3,5-7H,2,4H2,1H3,(H2,10,15,16). The van der Waals surface area contributed by atoms with Crippen LogP contribution < -0.4 is 5.14 Å². The number of aryl methyl sites for hydroxylation is 3. The largest absolute Gasteiger partial charge is 0.338 e. The fourth-order valence-electron chi connectivity index (χ4n) is 1.47. The van der Waals surface area contributed by atoms with E-state index >= 15 is 0 Å². The van der Waals surface area contributed by atoms with Crippen molar-refractivity contribution in [2.75, 3.05) is 0 Å². The van der Waals surface area contributed by atoms with Gasteiger partial charge in [-0.1, -0.05) is 0 Å². The first-order valence-corrected chi connectivity index (χ1v) is 6.53. The molecule has 2 aromatic heterocycles. The maximum Gasteiger partial charge on any atom is 0.241 e. The monoisotopic (exact) mass is 255 g/mol. The van der Waals surface area contributed by atoms with E-state index in [1.54, 1.807) is 6.20 Å². The zero-order chi connectivity index (χ0) is 12.5. The zero-order valence-electron chi connectivity index (χ0n) is 9.31. The van der Waals surface area contributed by atoms with Crippen molar-refractivity contribution in [1.82, 2.24) is 19.3 Å². The predicted molar refractivity (Wildman–Crippen MR) is 60.5 cm³/mol. The highest BCUT2D eigenvalue weighted by Crippen LogP contribution is 2.05. The number of sulfonamides is 1. The highest BCUT2D eigenvalue weighted by Gasteiger charge is 2.10. The first-order chi connectivity index (χ1) is 7.97. The van der Waals surface area contributed by atoms with E-state index in [2.05, 4.69) is 10.1 Å². The first kappa shape index (κ1) is 11.8. The molecule has 8 heteroatoms. The van der Waals surface area contributed by atoms with Crippen molar-refractivity contribution in [2.45, 2.75) is 17.9 Å². The van der Waals surface area contributed by atoms with Gasteiger partial charge in [0.25, 0.3) is 0 Å². The first-order valence-electron chi connectivity index (χ1n) is 4.98. The number of aromatic nitrogens is 4. The van der Waals surface area contributed by atoms with E-state index in [-0.39, 0.29) is 4.90 Å². The van der Waals surface area contributed by atoms with E-state index in [1.165, 1.54) is 17.1 Å². The molecule has 0 bridgehead atoms. The molecule has 0 aromatic carbocycles. The van der Waals surface area contributed by atoms with Gasteiger partial charge in [-0.05, 0) is 0 Å². The van der Waals surface area contributed by atoms with Gasteiger partial charge in [0.1, 0.15) is 10.7 Å². The fourth-order valence-corrected chi connectivity index (χ4v) is 1.93. The number of primary sulfonamides is 1. The molecule has 2 N–H and O–H groups in total. The summed E-state index contributed by atoms with van der Waals surface area (Å²) in [4.78, 5) is 4.19. The van der Waals surface area contributed by atoms with Crippen LogP contribution in [0.2, 0.25) is 0 Å². The molecule has 0 saturated carbocycles. The molecule has 0 atom stereocenters. The Labute approximate surface area is 98.9 Å². The second-order valence-corrected chi connectivity index (χ2v) is 5.25. The molecule has 2 aromatic rings. The molecule has 0 aliphatic heterocycles. The van der Waals surface area contributed by atoms with E-state index in [4.69, 9.17) is 5.14 Å². The average molecular weight is 255 g/mol. The van der Waals surface area contributed by atoms with Gasteiger partial charge in [0.05, 0.1) is 6.20 Å². The lowest BCUT2D eigenvalue weighted by Crippen LogP contribution is -2.11. The molecule has 0 unspecified atom stereocenters. The van der Waals surface area contributed by atoms with Crippen molar-refractivity contribution in [3.8, 4) is 0 Å². The molecule has 0 aliphatic rings. The van der Waals surface area contributed by atoms with E-state index in [0.29, 0.717) is 13.0 Å². The van der Waals surface area contributed by atoms with E-state index in [9.17, 15) is 8.42 Å². The van der Waals surface area contributed by atoms with Crippen LogP contribution in [0.4, 0.5) is 0 Å². The molecule has 0 saturated heterocycles. The third-order valence-electron chi connectivity index (χ3n) is 2.42. The molecule has 2 rings (SSSR count). The van der Waals surface area contributed by atoms with Gasteiger partial charge >= 0.3 is 0 Å². The molecule has 0 fully saturated rings. The Morgan fingerprint density at radius 3 is 2.76 bits per heavy atom. The minimum atomic E-state index is -3.67. The Bertz CT molecular complexity index is 613. The second kappa shape index (κ2) is 4.30. The van der Waals surface area contributed by atoms with Crippen molar-refractivity contribution < 1.29 is 8.42 Å². The summed E-state index contributed by atoms with van der Waals surface area (Å²) in [7, 11) is -1.76. The maximum atomic E-state index is 11.0. The summed E-state index contributed by atoms with van der Waals surface area (Å²) in [5.74, 6) is 0.914. The Kier molecular flexibility index (Phi) is 2.99. The van der Waals surface area contributed by atoms with E-state index < -0.39 is 10.0 Å². The smallest absolute Gasteiger partial charge is 0.241 e. The van der Waals surface area contributed by atoms with Gasteiger partial charge in [-0.3, -0.25) is 4.68 Å². The van der Waals surface area contributed by atoms with Gasteiger partial charge < -0.3 is 4.57 Å². The van der Waals surface area contributed by atoms with Crippen molar-refractivity contribution in [2.24, 2.45) is 12.2 Å². The van der Waals surface area contributed by atoms with Gasteiger partial charge in [-0.2, -0.15) is 5.10 Å². The third kappa shape index (κ3) is 2.71. The third-order valence-corrected chi connectivity index (χ3v) is 3.29. The molecule has 2 heterocycles. The van der Waals surface area contributed by atoms with E-state index in [1.807, 2.05) is 17.8 Å². The normalized spacial score (nSPS) is 11.9. The highest BCUT2D eigenvalue weighted by molar-refractivity contribution is 7.89. The quantitative estimate of drug-likeness (QED) is 0.797. The number of rotatable bonds is 4. The van der Waals surface area contributed by atoms with Gasteiger partial charge in [-0.25, -0.2) is 18.5 Å². The van der Waals surface area contributed by atoms with Crippen LogP contribution in [-0.2, 0) is 30.0 Å². The number of hydrogen-bond acceptors (Lipinski definition) is 4. The summed E-state index contributed by atoms with van der Waals surface area (Å²) < 4.78 is 25.5. The number of hydrogen-bond donors (Lipinski definition) is 1. The summed E-state index contributed by atoms with van der Waals surface area (Å²) >= 11 is 0. The zero-order valence-corrected chi connectivity index (χ0v) is 10.1. The molecule has 7 nitrogen and oxygen atoms in total. The summed E-state index contributed by atoms with van der Waals surface area (Å²) in [6, 6.07) is 0. The van der Waals surface area contributed by atoms with Crippen LogP contribution in [0.3, 0.4) is 0 Å². The summed E-state index contributed by atoms with van der Waals surface area (Å²) in [6.45, 7) is 0.556. The Morgan fingerprint density at radius 2 is 2.24 bits per heavy atom. The van der Waals surface area contributed by atoms with Gasteiger partial charge in [0.15, 0.2) is 0 Å². The van der Waals surface area contributed by atoms with Crippen LogP contribution in [0.1, 0.15) is 5.82 Å². The number of nitrogens with zero attached hydrogens (tertiary/aromatic N) is 4. The SMILES string of the molecule is Cn1ccnc1CCn1cc(S(N)(=O)=O)cn1. The molecule has 0 spiro atoms. The van der Waals surface area contributed by atoms with E-state index in [0.717, 1.165) is 5.82 Å². The van der Waals surface area contributed by atoms with Crippen molar-refractivity contribution in [3.63, 3.8) is 0 Å². The lowest BCUT2D eigenvalue weighted by Gasteiger charge is -2.01. The van der Waals surface area contributed by atoms with Crippen LogP contribution in [0.25, 0.3) is 0 Å². The minimum Gasteiger partial charge on any atom is -0.338 e. The summed E-state index contributed by atoms with van der Waals surface area (Å²) in [5.41, 5.74) is 0. The Hall–Kier alpha value is -1.67. The number of imidazole rings is 1. The maximum absolute atomic E-state index is 11.0. The number of nitrogens with two attached hydrogens (primary N) is 1. The van der Waals surface area contributed by atoms with Gasteiger partial charge in [0, 0.05) is 38.6 Å². The van der Waals surface area contributed by atoms with Gasteiger partial charge in [0.2, 0.25) is 10.0 Å². The lowest BCUT2D eigenvalue weighted by atomic mass is 10.4. The average Bonchev–Trinajstić information content (AvgIpc) is 2.82. The minimum absolute atomic E-state index is 0.0253. The predicted octanol–water partition coefficient (Wildman–Crippen LogP) is -0.493. The highest BCUT2D eigenvalue weighted by atomic mass is 32.2. The molecule has 0 radical (unpaired) electrons. The molecule has 17 heavy (non-hydrogen) atoms.